The van der Waals surface area contributed by atoms with Gasteiger partial charge in [0.15, 0.2) is 11.6 Å². The largest absolute Gasteiger partial charge is 0.335 e. The summed E-state index contributed by atoms with van der Waals surface area (Å²) in [4.78, 5) is 34.1. The summed E-state index contributed by atoms with van der Waals surface area (Å²) in [5.41, 5.74) is 4.40. The summed E-state index contributed by atoms with van der Waals surface area (Å²) in [5, 5.41) is 0. The first kappa shape index (κ1) is 18.3. The Morgan fingerprint density at radius 1 is 0.710 bits per heavy atom. The number of hydrogen-bond donors (Lipinski definition) is 1. The van der Waals surface area contributed by atoms with Crippen molar-refractivity contribution in [2.24, 2.45) is 11.8 Å². The molecule has 6 rings (SSSR count). The van der Waals surface area contributed by atoms with E-state index >= 15 is 0 Å². The maximum atomic E-state index is 13.2. The number of para-hydroxylation sites is 1. The van der Waals surface area contributed by atoms with Crippen LogP contribution in [0.3, 0.4) is 0 Å². The summed E-state index contributed by atoms with van der Waals surface area (Å²) in [6.07, 6.45) is 1.72. The van der Waals surface area contributed by atoms with Crippen molar-refractivity contribution in [1.82, 2.24) is 9.97 Å². The summed E-state index contributed by atoms with van der Waals surface area (Å²) in [5.74, 6) is 1.04. The first-order valence-corrected chi connectivity index (χ1v) is 10.9. The molecule has 3 aromatic carbocycles. The van der Waals surface area contributed by atoms with Gasteiger partial charge in [-0.3, -0.25) is 9.59 Å². The molecule has 0 radical (unpaired) electrons. The molecular formula is C27H22N2O2. The van der Waals surface area contributed by atoms with Gasteiger partial charge in [-0.15, -0.1) is 0 Å². The lowest BCUT2D eigenvalue weighted by molar-refractivity contribution is 0.0950. The fraction of sp³-hybridized carbons (Fsp3) is 0.222. The maximum absolute atomic E-state index is 13.2. The van der Waals surface area contributed by atoms with Crippen LogP contribution in [0, 0.1) is 11.8 Å². The van der Waals surface area contributed by atoms with E-state index in [0.717, 1.165) is 18.4 Å². The van der Waals surface area contributed by atoms with E-state index in [1.807, 2.05) is 54.6 Å². The van der Waals surface area contributed by atoms with E-state index in [4.69, 9.17) is 0 Å². The second-order valence-corrected chi connectivity index (χ2v) is 8.73. The zero-order chi connectivity index (χ0) is 20.9. The monoisotopic (exact) mass is 406 g/mol. The molecular weight excluding hydrogens is 384 g/mol. The summed E-state index contributed by atoms with van der Waals surface area (Å²) in [7, 11) is 0. The van der Waals surface area contributed by atoms with E-state index in [1.165, 1.54) is 11.1 Å². The molecule has 1 aromatic heterocycles. The molecule has 0 aliphatic heterocycles. The molecule has 1 N–H and O–H groups in total. The highest BCUT2D eigenvalue weighted by Crippen LogP contribution is 2.50. The van der Waals surface area contributed by atoms with Gasteiger partial charge in [0.05, 0.1) is 11.0 Å². The van der Waals surface area contributed by atoms with Gasteiger partial charge in [0.1, 0.15) is 0 Å². The van der Waals surface area contributed by atoms with E-state index in [1.54, 1.807) is 0 Å². The minimum absolute atomic E-state index is 0.00487. The number of carbonyl (C=O) groups excluding carboxylic acids is 2. The minimum atomic E-state index is -0.0343. The van der Waals surface area contributed by atoms with E-state index in [-0.39, 0.29) is 35.2 Å². The van der Waals surface area contributed by atoms with Crippen molar-refractivity contribution in [2.75, 3.05) is 0 Å². The number of fused-ring (bicyclic) bond motifs is 1. The first-order chi connectivity index (χ1) is 15.2. The third-order valence-electron chi connectivity index (χ3n) is 6.72. The van der Waals surface area contributed by atoms with Gasteiger partial charge < -0.3 is 4.98 Å². The molecule has 1 heterocycles. The fourth-order valence-corrected chi connectivity index (χ4v) is 4.83. The van der Waals surface area contributed by atoms with E-state index in [2.05, 4.69) is 34.2 Å². The third kappa shape index (κ3) is 3.19. The fourth-order valence-electron chi connectivity index (χ4n) is 4.83. The topological polar surface area (TPSA) is 62.8 Å². The number of nitrogens with zero attached hydrogens (tertiary/aromatic N) is 1. The Labute approximate surface area is 180 Å². The van der Waals surface area contributed by atoms with Crippen molar-refractivity contribution in [3.05, 3.63) is 101 Å². The standard InChI is InChI=1S/C27H22N2O2/c30-25(21-14-19(21)16-8-3-1-4-9-16)18-12-7-13-23-24(18)29-27(28-23)26(31)22-15-20(22)17-10-5-2-6-11-17/h1-13,19-22H,14-15H2,(H,28,29)/t19?,20-,21?,22+/m0/s1. The van der Waals surface area contributed by atoms with Crippen molar-refractivity contribution in [3.8, 4) is 0 Å². The number of Topliss-reactive ketones (excluding diaryl/α,β-unsaturated/α-hetero) is 2. The quantitative estimate of drug-likeness (QED) is 0.428. The molecule has 4 heteroatoms. The Morgan fingerprint density at radius 2 is 1.29 bits per heavy atom. The Morgan fingerprint density at radius 3 is 1.90 bits per heavy atom. The summed E-state index contributed by atoms with van der Waals surface area (Å²) < 4.78 is 0. The normalized spacial score (nSPS) is 24.1. The molecule has 4 atom stereocenters. The summed E-state index contributed by atoms with van der Waals surface area (Å²) in [6.45, 7) is 0. The number of carbonyl (C=O) groups is 2. The van der Waals surface area contributed by atoms with Crippen LogP contribution in [0.25, 0.3) is 11.0 Å². The lowest BCUT2D eigenvalue weighted by Gasteiger charge is -2.02. The SMILES string of the molecule is O=C(c1cccc2[nH]c(C(=O)[C@@H]3C[C@H]3c3ccccc3)nc12)C1CC1c1ccccc1. The van der Waals surface area contributed by atoms with Crippen LogP contribution < -0.4 is 0 Å². The second kappa shape index (κ2) is 7.02. The van der Waals surface area contributed by atoms with Gasteiger partial charge in [-0.1, -0.05) is 66.7 Å². The van der Waals surface area contributed by atoms with Crippen LogP contribution in [0.5, 0.6) is 0 Å². The molecule has 2 unspecified atom stereocenters. The zero-order valence-electron chi connectivity index (χ0n) is 17.0. The molecule has 4 aromatic rings. The zero-order valence-corrected chi connectivity index (χ0v) is 17.0. The van der Waals surface area contributed by atoms with Gasteiger partial charge in [-0.25, -0.2) is 4.98 Å². The van der Waals surface area contributed by atoms with E-state index < -0.39 is 0 Å². The molecule has 2 aliphatic rings. The second-order valence-electron chi connectivity index (χ2n) is 8.73. The highest BCUT2D eigenvalue weighted by atomic mass is 16.1. The molecule has 152 valence electrons. The number of hydrogen-bond acceptors (Lipinski definition) is 3. The smallest absolute Gasteiger partial charge is 0.201 e. The lowest BCUT2D eigenvalue weighted by atomic mass is 10.0. The number of aromatic nitrogens is 2. The number of rotatable bonds is 6. The number of benzene rings is 3. The predicted octanol–water partition coefficient (Wildman–Crippen LogP) is 5.54. The van der Waals surface area contributed by atoms with E-state index in [0.29, 0.717) is 16.9 Å². The Kier molecular flexibility index (Phi) is 4.13. The summed E-state index contributed by atoms with van der Waals surface area (Å²) >= 11 is 0. The van der Waals surface area contributed by atoms with Crippen molar-refractivity contribution in [2.45, 2.75) is 24.7 Å². The number of aromatic amines is 1. The van der Waals surface area contributed by atoms with Gasteiger partial charge in [-0.05, 0) is 47.9 Å². The average Bonchev–Trinajstić information content (AvgIpc) is 3.74. The van der Waals surface area contributed by atoms with Crippen LogP contribution in [0.15, 0.2) is 78.9 Å². The molecule has 0 saturated heterocycles. The van der Waals surface area contributed by atoms with Crippen LogP contribution in [-0.4, -0.2) is 21.5 Å². The van der Waals surface area contributed by atoms with Crippen LogP contribution in [0.2, 0.25) is 0 Å². The van der Waals surface area contributed by atoms with Gasteiger partial charge in [0.2, 0.25) is 5.78 Å². The van der Waals surface area contributed by atoms with Crippen LogP contribution in [0.4, 0.5) is 0 Å². The predicted molar refractivity (Wildman–Crippen MR) is 119 cm³/mol. The van der Waals surface area contributed by atoms with Crippen molar-refractivity contribution in [1.29, 1.82) is 0 Å². The van der Waals surface area contributed by atoms with Gasteiger partial charge in [-0.2, -0.15) is 0 Å². The summed E-state index contributed by atoms with van der Waals surface area (Å²) in [6, 6.07) is 25.9. The highest BCUT2D eigenvalue weighted by Gasteiger charge is 2.46. The van der Waals surface area contributed by atoms with Gasteiger partial charge in [0, 0.05) is 17.4 Å². The minimum Gasteiger partial charge on any atom is -0.335 e. The lowest BCUT2D eigenvalue weighted by Crippen LogP contribution is -2.06. The molecule has 2 fully saturated rings. The first-order valence-electron chi connectivity index (χ1n) is 10.9. The molecule has 31 heavy (non-hydrogen) atoms. The Bertz CT molecular complexity index is 1290. The number of H-pyrrole nitrogens is 1. The molecule has 2 aliphatic carbocycles. The van der Waals surface area contributed by atoms with E-state index in [9.17, 15) is 9.59 Å². The molecule has 2 saturated carbocycles. The number of nitrogens with one attached hydrogen (secondary N) is 1. The highest BCUT2D eigenvalue weighted by molar-refractivity contribution is 6.10. The molecule has 0 bridgehead atoms. The van der Waals surface area contributed by atoms with Crippen molar-refractivity contribution in [3.63, 3.8) is 0 Å². The number of imidazole rings is 1. The maximum Gasteiger partial charge on any atom is 0.201 e. The number of ketones is 2. The van der Waals surface area contributed by atoms with Crippen molar-refractivity contribution >= 4 is 22.6 Å². The van der Waals surface area contributed by atoms with Gasteiger partial charge in [0.25, 0.3) is 0 Å². The molecule has 0 amide bonds. The van der Waals surface area contributed by atoms with Crippen LogP contribution in [-0.2, 0) is 0 Å². The third-order valence-corrected chi connectivity index (χ3v) is 6.72. The Hall–Kier alpha value is -3.53. The molecule has 4 nitrogen and oxygen atoms in total. The molecule has 0 spiro atoms. The van der Waals surface area contributed by atoms with Crippen molar-refractivity contribution < 1.29 is 9.59 Å². The Balaban J connectivity index is 1.25. The average molecular weight is 406 g/mol. The van der Waals surface area contributed by atoms with Gasteiger partial charge >= 0.3 is 0 Å². The van der Waals surface area contributed by atoms with Crippen LogP contribution >= 0.6 is 0 Å². The van der Waals surface area contributed by atoms with Crippen LogP contribution in [0.1, 0.15) is 56.8 Å².